The number of benzene rings is 1. The molecule has 0 amide bonds. The van der Waals surface area contributed by atoms with Crippen LogP contribution < -0.4 is 5.73 Å². The molecule has 0 bridgehead atoms. The molecule has 0 radical (unpaired) electrons. The Morgan fingerprint density at radius 1 is 1.17 bits per heavy atom. The number of rotatable bonds is 3. The molecule has 1 aromatic carbocycles. The zero-order valence-electron chi connectivity index (χ0n) is 10.1. The lowest BCUT2D eigenvalue weighted by Gasteiger charge is -2.08. The molecule has 2 aromatic rings. The van der Waals surface area contributed by atoms with Crippen molar-refractivity contribution in [1.82, 2.24) is 4.31 Å². The van der Waals surface area contributed by atoms with Crippen LogP contribution in [0.1, 0.15) is 0 Å². The largest absolute Gasteiger partial charge is 0.399 e. The molecule has 4 nitrogen and oxygen atoms in total. The fourth-order valence-electron chi connectivity index (χ4n) is 1.49. The van der Waals surface area contributed by atoms with Crippen LogP contribution in [0.4, 0.5) is 5.69 Å². The fourth-order valence-corrected chi connectivity index (χ4v) is 3.96. The van der Waals surface area contributed by atoms with E-state index in [-0.39, 0.29) is 0 Å². The first-order valence-electron chi connectivity index (χ1n) is 5.29. The van der Waals surface area contributed by atoms with Gasteiger partial charge in [0.1, 0.15) is 4.21 Å². The summed E-state index contributed by atoms with van der Waals surface area (Å²) in [6, 6.07) is 10.8. The molecule has 6 heteroatoms. The van der Waals surface area contributed by atoms with Gasteiger partial charge in [-0.2, -0.15) is 0 Å². The van der Waals surface area contributed by atoms with Crippen molar-refractivity contribution in [2.75, 3.05) is 19.8 Å². The maximum atomic E-state index is 12.0. The van der Waals surface area contributed by atoms with E-state index in [0.717, 1.165) is 10.4 Å². The van der Waals surface area contributed by atoms with Gasteiger partial charge in [-0.25, -0.2) is 12.7 Å². The van der Waals surface area contributed by atoms with Crippen LogP contribution in [0.3, 0.4) is 0 Å². The molecule has 1 heterocycles. The SMILES string of the molecule is CN(C)S(=O)(=O)c1ccc(-c2cccc(N)c2)s1. The van der Waals surface area contributed by atoms with Gasteiger partial charge in [0.25, 0.3) is 10.0 Å². The third-order valence-electron chi connectivity index (χ3n) is 2.49. The van der Waals surface area contributed by atoms with Gasteiger partial charge in [-0.05, 0) is 29.8 Å². The van der Waals surface area contributed by atoms with Crippen molar-refractivity contribution in [3.05, 3.63) is 36.4 Å². The third kappa shape index (κ3) is 2.40. The molecule has 18 heavy (non-hydrogen) atoms. The van der Waals surface area contributed by atoms with E-state index < -0.39 is 10.0 Å². The summed E-state index contributed by atoms with van der Waals surface area (Å²) in [6.45, 7) is 0. The summed E-state index contributed by atoms with van der Waals surface area (Å²) in [5.74, 6) is 0. The van der Waals surface area contributed by atoms with Gasteiger partial charge < -0.3 is 5.73 Å². The molecule has 0 aliphatic rings. The minimum Gasteiger partial charge on any atom is -0.399 e. The zero-order valence-corrected chi connectivity index (χ0v) is 11.8. The Bertz CT molecular complexity index is 660. The molecule has 0 aliphatic heterocycles. The Balaban J connectivity index is 2.43. The normalized spacial score (nSPS) is 11.9. The van der Waals surface area contributed by atoms with Crippen LogP contribution >= 0.6 is 11.3 Å². The van der Waals surface area contributed by atoms with Crippen molar-refractivity contribution in [2.45, 2.75) is 4.21 Å². The lowest BCUT2D eigenvalue weighted by atomic mass is 10.2. The second-order valence-corrected chi connectivity index (χ2v) is 7.49. The van der Waals surface area contributed by atoms with E-state index in [1.807, 2.05) is 18.2 Å². The van der Waals surface area contributed by atoms with Gasteiger partial charge in [0, 0.05) is 24.7 Å². The molecule has 0 spiro atoms. The van der Waals surface area contributed by atoms with E-state index in [9.17, 15) is 8.42 Å². The van der Waals surface area contributed by atoms with Crippen LogP contribution in [0.5, 0.6) is 0 Å². The number of hydrogen-bond donors (Lipinski definition) is 1. The Hall–Kier alpha value is -1.37. The topological polar surface area (TPSA) is 63.4 Å². The zero-order chi connectivity index (χ0) is 13.3. The van der Waals surface area contributed by atoms with Crippen molar-refractivity contribution in [2.24, 2.45) is 0 Å². The minimum atomic E-state index is -3.35. The van der Waals surface area contributed by atoms with E-state index in [4.69, 9.17) is 5.73 Å². The molecule has 2 N–H and O–H groups in total. The van der Waals surface area contributed by atoms with E-state index in [1.165, 1.54) is 29.7 Å². The molecule has 0 saturated heterocycles. The second-order valence-electron chi connectivity index (χ2n) is 4.03. The summed E-state index contributed by atoms with van der Waals surface area (Å²) in [5, 5.41) is 0. The predicted octanol–water partition coefficient (Wildman–Crippen LogP) is 2.25. The molecule has 0 fully saturated rings. The van der Waals surface area contributed by atoms with Crippen molar-refractivity contribution < 1.29 is 8.42 Å². The van der Waals surface area contributed by atoms with Gasteiger partial charge in [-0.1, -0.05) is 12.1 Å². The monoisotopic (exact) mass is 282 g/mol. The Morgan fingerprint density at radius 2 is 1.89 bits per heavy atom. The number of sulfonamides is 1. The Morgan fingerprint density at radius 3 is 2.50 bits per heavy atom. The van der Waals surface area contributed by atoms with Crippen molar-refractivity contribution in [1.29, 1.82) is 0 Å². The molecule has 2 rings (SSSR count). The molecule has 0 saturated carbocycles. The summed E-state index contributed by atoms with van der Waals surface area (Å²) in [6.07, 6.45) is 0. The molecule has 96 valence electrons. The van der Waals surface area contributed by atoms with Crippen LogP contribution in [-0.2, 0) is 10.0 Å². The number of anilines is 1. The van der Waals surface area contributed by atoms with Gasteiger partial charge in [-0.15, -0.1) is 11.3 Å². The first-order chi connectivity index (χ1) is 8.41. The third-order valence-corrected chi connectivity index (χ3v) is 5.90. The maximum Gasteiger partial charge on any atom is 0.252 e. The summed E-state index contributed by atoms with van der Waals surface area (Å²) in [4.78, 5) is 0.891. The number of thiophene rings is 1. The maximum absolute atomic E-state index is 12.0. The average Bonchev–Trinajstić information content (AvgIpc) is 2.78. The van der Waals surface area contributed by atoms with Crippen molar-refractivity contribution >= 4 is 27.0 Å². The van der Waals surface area contributed by atoms with Crippen LogP contribution in [0, 0.1) is 0 Å². The highest BCUT2D eigenvalue weighted by molar-refractivity contribution is 7.91. The van der Waals surface area contributed by atoms with Crippen LogP contribution in [0.25, 0.3) is 10.4 Å². The van der Waals surface area contributed by atoms with E-state index >= 15 is 0 Å². The van der Waals surface area contributed by atoms with E-state index in [1.54, 1.807) is 18.2 Å². The van der Waals surface area contributed by atoms with Crippen molar-refractivity contribution in [3.63, 3.8) is 0 Å². The summed E-state index contributed by atoms with van der Waals surface area (Å²) >= 11 is 1.24. The summed E-state index contributed by atoms with van der Waals surface area (Å²) < 4.78 is 25.5. The van der Waals surface area contributed by atoms with Crippen LogP contribution in [-0.4, -0.2) is 26.8 Å². The highest BCUT2D eigenvalue weighted by atomic mass is 32.2. The summed E-state index contributed by atoms with van der Waals surface area (Å²) in [7, 11) is -0.307. The average molecular weight is 282 g/mol. The van der Waals surface area contributed by atoms with Gasteiger partial charge in [-0.3, -0.25) is 0 Å². The standard InChI is InChI=1S/C12H14N2O2S2/c1-14(2)18(15,16)12-7-6-11(17-12)9-4-3-5-10(13)8-9/h3-8H,13H2,1-2H3. The highest BCUT2D eigenvalue weighted by Gasteiger charge is 2.19. The predicted molar refractivity (Wildman–Crippen MR) is 75.0 cm³/mol. The number of nitrogens with zero attached hydrogens (tertiary/aromatic N) is 1. The summed E-state index contributed by atoms with van der Waals surface area (Å²) in [5.41, 5.74) is 7.31. The molecule has 0 atom stereocenters. The van der Waals surface area contributed by atoms with Gasteiger partial charge in [0.15, 0.2) is 0 Å². The minimum absolute atomic E-state index is 0.338. The Labute approximate surface area is 111 Å². The van der Waals surface area contributed by atoms with Crippen LogP contribution in [0.2, 0.25) is 0 Å². The van der Waals surface area contributed by atoms with Gasteiger partial charge in [0.05, 0.1) is 0 Å². The lowest BCUT2D eigenvalue weighted by Crippen LogP contribution is -2.21. The molecule has 1 aromatic heterocycles. The van der Waals surface area contributed by atoms with Gasteiger partial charge >= 0.3 is 0 Å². The molecular weight excluding hydrogens is 268 g/mol. The first-order valence-corrected chi connectivity index (χ1v) is 7.55. The number of nitrogens with two attached hydrogens (primary N) is 1. The molecule has 0 aliphatic carbocycles. The first kappa shape index (κ1) is 13.1. The fraction of sp³-hybridized carbons (Fsp3) is 0.167. The number of nitrogen functional groups attached to an aromatic ring is 1. The van der Waals surface area contributed by atoms with Gasteiger partial charge in [0.2, 0.25) is 0 Å². The van der Waals surface area contributed by atoms with E-state index in [2.05, 4.69) is 0 Å². The van der Waals surface area contributed by atoms with E-state index in [0.29, 0.717) is 9.90 Å². The lowest BCUT2D eigenvalue weighted by molar-refractivity contribution is 0.523. The second kappa shape index (κ2) is 4.72. The molecule has 0 unspecified atom stereocenters. The quantitative estimate of drug-likeness (QED) is 0.878. The molecular formula is C12H14N2O2S2. The number of hydrogen-bond acceptors (Lipinski definition) is 4. The Kier molecular flexibility index (Phi) is 3.43. The highest BCUT2D eigenvalue weighted by Crippen LogP contribution is 2.32. The van der Waals surface area contributed by atoms with Crippen molar-refractivity contribution in [3.8, 4) is 10.4 Å². The van der Waals surface area contributed by atoms with Crippen LogP contribution in [0.15, 0.2) is 40.6 Å². The smallest absolute Gasteiger partial charge is 0.252 e.